The minimum atomic E-state index is -1.18. The highest BCUT2D eigenvalue weighted by molar-refractivity contribution is 5.72. The topological polar surface area (TPSA) is 130 Å². The number of rotatable bonds is 6. The van der Waals surface area contributed by atoms with Crippen molar-refractivity contribution in [3.63, 3.8) is 0 Å². The van der Waals surface area contributed by atoms with Gasteiger partial charge in [-0.1, -0.05) is 27.7 Å². The van der Waals surface area contributed by atoms with E-state index in [9.17, 15) is 19.5 Å². The van der Waals surface area contributed by atoms with Gasteiger partial charge in [0.05, 0.1) is 36.8 Å². The van der Waals surface area contributed by atoms with E-state index in [0.29, 0.717) is 18.9 Å². The molecule has 11 atom stereocenters. The van der Waals surface area contributed by atoms with E-state index in [4.69, 9.17) is 28.4 Å². The Bertz CT molecular complexity index is 949. The number of hydrogen-bond donors (Lipinski definition) is 1. The Morgan fingerprint density at radius 3 is 2.37 bits per heavy atom. The second-order valence-corrected chi connectivity index (χ2v) is 12.6. The summed E-state index contributed by atoms with van der Waals surface area (Å²) in [6.45, 7) is 11.2. The Morgan fingerprint density at radius 2 is 1.79 bits per heavy atom. The van der Waals surface area contributed by atoms with E-state index in [1.165, 1.54) is 13.8 Å². The SMILES string of the molecule is CC(=O)OC[C@@]12[C@@H](OC(C)=O)C[C@@H](C)[C@](C)(C3C[C@H]4CCO[C@H]4O3)[C@H]1C[C@H](O)[C@H](OC(=O)C(C)C)[C@]21CO1. The van der Waals surface area contributed by atoms with Crippen molar-refractivity contribution < 1.29 is 47.9 Å². The van der Waals surface area contributed by atoms with Crippen LogP contribution in [-0.2, 0) is 42.8 Å². The molecule has 10 heteroatoms. The second-order valence-electron chi connectivity index (χ2n) is 12.6. The molecule has 5 aliphatic rings. The number of fused-ring (bicyclic) bond motifs is 3. The van der Waals surface area contributed by atoms with Gasteiger partial charge in [-0.2, -0.15) is 0 Å². The molecule has 214 valence electrons. The fourth-order valence-corrected chi connectivity index (χ4v) is 8.14. The van der Waals surface area contributed by atoms with E-state index in [1.807, 2.05) is 0 Å². The smallest absolute Gasteiger partial charge is 0.308 e. The molecule has 2 saturated carbocycles. The van der Waals surface area contributed by atoms with Gasteiger partial charge in [0.1, 0.15) is 18.3 Å². The number of carbonyl (C=O) groups excluding carboxylic acids is 3. The number of epoxide rings is 1. The first kappa shape index (κ1) is 27.8. The van der Waals surface area contributed by atoms with Gasteiger partial charge in [0.25, 0.3) is 0 Å². The van der Waals surface area contributed by atoms with Gasteiger partial charge in [0.15, 0.2) is 12.4 Å². The molecule has 3 saturated heterocycles. The summed E-state index contributed by atoms with van der Waals surface area (Å²) in [5.41, 5.74) is -2.74. The van der Waals surface area contributed by atoms with Crippen LogP contribution in [0, 0.1) is 34.5 Å². The molecule has 2 aliphatic carbocycles. The lowest BCUT2D eigenvalue weighted by Crippen LogP contribution is -2.74. The third-order valence-electron chi connectivity index (χ3n) is 10.3. The summed E-state index contributed by atoms with van der Waals surface area (Å²) in [4.78, 5) is 37.4. The molecule has 10 nitrogen and oxygen atoms in total. The lowest BCUT2D eigenvalue weighted by molar-refractivity contribution is -0.285. The van der Waals surface area contributed by atoms with Crippen LogP contribution in [0.25, 0.3) is 0 Å². The van der Waals surface area contributed by atoms with E-state index >= 15 is 0 Å². The van der Waals surface area contributed by atoms with Gasteiger partial charge in [-0.05, 0) is 37.5 Å². The standard InChI is InChI=1S/C28H42O10/c1-14(2)24(32)38-23-19(31)11-20-26(6,21-10-18-7-8-33-25(18)37-21)15(3)9-22(36-17(5)30)27(20,12-34-16(4)29)28(23)13-35-28/h14-15,18-23,25,31H,7-13H2,1-6H3/t15-,18-,19+,20-,21?,22+,23+,25+,26+,27+,28-/m1/s1. The summed E-state index contributed by atoms with van der Waals surface area (Å²) < 4.78 is 36.2. The average Bonchev–Trinajstić information content (AvgIpc) is 3.31. The molecule has 1 spiro atoms. The Labute approximate surface area is 224 Å². The maximum Gasteiger partial charge on any atom is 0.308 e. The van der Waals surface area contributed by atoms with Gasteiger partial charge in [-0.15, -0.1) is 0 Å². The minimum Gasteiger partial charge on any atom is -0.465 e. The van der Waals surface area contributed by atoms with Crippen molar-refractivity contribution in [2.75, 3.05) is 19.8 Å². The molecule has 0 bridgehead atoms. The van der Waals surface area contributed by atoms with Crippen molar-refractivity contribution in [2.24, 2.45) is 34.5 Å². The van der Waals surface area contributed by atoms with Crippen LogP contribution in [0.2, 0.25) is 0 Å². The molecule has 5 fully saturated rings. The van der Waals surface area contributed by atoms with Crippen molar-refractivity contribution in [1.82, 2.24) is 0 Å². The van der Waals surface area contributed by atoms with Gasteiger partial charge in [0, 0.05) is 25.2 Å². The summed E-state index contributed by atoms with van der Waals surface area (Å²) in [5.74, 6) is -1.79. The molecule has 1 N–H and O–H groups in total. The van der Waals surface area contributed by atoms with Gasteiger partial charge in [-0.3, -0.25) is 14.4 Å². The number of aliphatic hydroxyl groups is 1. The van der Waals surface area contributed by atoms with Crippen LogP contribution in [-0.4, -0.2) is 79.1 Å². The second kappa shape index (κ2) is 9.71. The van der Waals surface area contributed by atoms with Crippen LogP contribution < -0.4 is 0 Å². The maximum atomic E-state index is 12.8. The zero-order valence-corrected chi connectivity index (χ0v) is 23.3. The number of hydrogen-bond acceptors (Lipinski definition) is 10. The molecular formula is C28H42O10. The van der Waals surface area contributed by atoms with Crippen LogP contribution in [0.4, 0.5) is 0 Å². The van der Waals surface area contributed by atoms with Crippen molar-refractivity contribution in [2.45, 2.75) is 104 Å². The molecule has 0 aromatic heterocycles. The van der Waals surface area contributed by atoms with E-state index in [2.05, 4.69) is 13.8 Å². The van der Waals surface area contributed by atoms with E-state index in [1.54, 1.807) is 13.8 Å². The number of ether oxygens (including phenoxy) is 6. The van der Waals surface area contributed by atoms with Gasteiger partial charge >= 0.3 is 17.9 Å². The number of aliphatic hydroxyl groups excluding tert-OH is 1. The lowest BCUT2D eigenvalue weighted by Gasteiger charge is -2.65. The lowest BCUT2D eigenvalue weighted by atomic mass is 9.41. The third kappa shape index (κ3) is 4.09. The molecule has 0 amide bonds. The Hall–Kier alpha value is -1.75. The predicted octanol–water partition coefficient (Wildman–Crippen LogP) is 2.38. The van der Waals surface area contributed by atoms with Gasteiger partial charge in [0.2, 0.25) is 0 Å². The van der Waals surface area contributed by atoms with Crippen LogP contribution in [0.1, 0.15) is 67.2 Å². The summed E-state index contributed by atoms with van der Waals surface area (Å²) >= 11 is 0. The summed E-state index contributed by atoms with van der Waals surface area (Å²) in [5, 5.41) is 11.6. The highest BCUT2D eigenvalue weighted by Crippen LogP contribution is 2.70. The predicted molar refractivity (Wildman–Crippen MR) is 131 cm³/mol. The highest BCUT2D eigenvalue weighted by atomic mass is 16.7. The van der Waals surface area contributed by atoms with Crippen LogP contribution >= 0.6 is 0 Å². The Kier molecular flexibility index (Phi) is 7.11. The summed E-state index contributed by atoms with van der Waals surface area (Å²) in [6, 6.07) is 0. The minimum absolute atomic E-state index is 0.0314. The molecule has 38 heavy (non-hydrogen) atoms. The van der Waals surface area contributed by atoms with Crippen molar-refractivity contribution in [3.8, 4) is 0 Å². The maximum absolute atomic E-state index is 12.8. The van der Waals surface area contributed by atoms with Crippen molar-refractivity contribution in [1.29, 1.82) is 0 Å². The zero-order chi connectivity index (χ0) is 27.6. The van der Waals surface area contributed by atoms with Crippen molar-refractivity contribution >= 4 is 17.9 Å². The zero-order valence-electron chi connectivity index (χ0n) is 23.3. The average molecular weight is 539 g/mol. The monoisotopic (exact) mass is 538 g/mol. The normalized spacial score (nSPS) is 47.4. The summed E-state index contributed by atoms with van der Waals surface area (Å²) in [7, 11) is 0. The Balaban J connectivity index is 1.63. The molecular weight excluding hydrogens is 496 g/mol. The molecule has 1 unspecified atom stereocenters. The number of carbonyl (C=O) groups is 3. The third-order valence-corrected chi connectivity index (χ3v) is 10.3. The first-order valence-corrected chi connectivity index (χ1v) is 14.0. The van der Waals surface area contributed by atoms with E-state index in [-0.39, 0.29) is 43.9 Å². The van der Waals surface area contributed by atoms with Crippen LogP contribution in [0.15, 0.2) is 0 Å². The quantitative estimate of drug-likeness (QED) is 0.306. The molecule has 5 rings (SSSR count). The van der Waals surface area contributed by atoms with Crippen molar-refractivity contribution in [3.05, 3.63) is 0 Å². The van der Waals surface area contributed by atoms with E-state index < -0.39 is 58.6 Å². The van der Waals surface area contributed by atoms with Crippen LogP contribution in [0.5, 0.6) is 0 Å². The first-order valence-electron chi connectivity index (χ1n) is 14.0. The van der Waals surface area contributed by atoms with Crippen LogP contribution in [0.3, 0.4) is 0 Å². The van der Waals surface area contributed by atoms with Gasteiger partial charge < -0.3 is 33.5 Å². The largest absolute Gasteiger partial charge is 0.465 e. The molecule has 0 aromatic carbocycles. The molecule has 3 heterocycles. The first-order chi connectivity index (χ1) is 17.9. The summed E-state index contributed by atoms with van der Waals surface area (Å²) in [6.07, 6.45) is -0.633. The highest BCUT2D eigenvalue weighted by Gasteiger charge is 2.81. The number of esters is 3. The van der Waals surface area contributed by atoms with Gasteiger partial charge in [-0.25, -0.2) is 0 Å². The van der Waals surface area contributed by atoms with E-state index in [0.717, 1.165) is 12.8 Å². The Morgan fingerprint density at radius 1 is 1.08 bits per heavy atom. The fourth-order valence-electron chi connectivity index (χ4n) is 8.14. The fraction of sp³-hybridized carbons (Fsp3) is 0.893. The molecule has 3 aliphatic heterocycles. The molecule has 0 aromatic rings. The molecule has 0 radical (unpaired) electrons.